The Balaban J connectivity index is 1.72. The molecule has 0 bridgehead atoms. The molecule has 0 spiro atoms. The molecule has 2 aromatic rings. The van der Waals surface area contributed by atoms with Gasteiger partial charge in [-0.25, -0.2) is 4.68 Å². The van der Waals surface area contributed by atoms with E-state index in [9.17, 15) is 9.90 Å². The Morgan fingerprint density at radius 3 is 2.83 bits per heavy atom. The number of aliphatic hydroxyl groups is 1. The number of amides is 1. The molecule has 24 heavy (non-hydrogen) atoms. The van der Waals surface area contributed by atoms with Crippen molar-refractivity contribution in [1.29, 1.82) is 0 Å². The Hall–Kier alpha value is -2.22. The fourth-order valence-electron chi connectivity index (χ4n) is 3.02. The van der Waals surface area contributed by atoms with E-state index in [-0.39, 0.29) is 18.0 Å². The third-order valence-electron chi connectivity index (χ3n) is 4.29. The first kappa shape index (κ1) is 16.6. The predicted molar refractivity (Wildman–Crippen MR) is 87.3 cm³/mol. The van der Waals surface area contributed by atoms with Crippen molar-refractivity contribution in [2.75, 3.05) is 13.1 Å². The normalized spacial score (nSPS) is 21.9. The van der Waals surface area contributed by atoms with Gasteiger partial charge in [0.1, 0.15) is 5.60 Å². The van der Waals surface area contributed by atoms with Crippen LogP contribution in [0.2, 0.25) is 0 Å². The Bertz CT molecular complexity index is 702. The molecule has 3 rings (SSSR count). The number of hydrogen-bond donors (Lipinski definition) is 1. The van der Waals surface area contributed by atoms with Crippen LogP contribution < -0.4 is 0 Å². The van der Waals surface area contributed by atoms with Crippen molar-refractivity contribution in [2.45, 2.75) is 51.3 Å². The van der Waals surface area contributed by atoms with Crippen LogP contribution in [0.3, 0.4) is 0 Å². The van der Waals surface area contributed by atoms with Gasteiger partial charge in [0.15, 0.2) is 0 Å². The summed E-state index contributed by atoms with van der Waals surface area (Å²) >= 11 is 0. The number of piperidine rings is 1. The van der Waals surface area contributed by atoms with Crippen molar-refractivity contribution in [3.63, 3.8) is 0 Å². The first-order chi connectivity index (χ1) is 11.3. The maximum atomic E-state index is 12.8. The Labute approximate surface area is 141 Å². The quantitative estimate of drug-likeness (QED) is 0.902. The highest BCUT2D eigenvalue weighted by atomic mass is 16.3. The number of nitrogens with zero attached hydrogens (tertiary/aromatic N) is 6. The second-order valence-corrected chi connectivity index (χ2v) is 7.50. The summed E-state index contributed by atoms with van der Waals surface area (Å²) in [6.45, 7) is 7.35. The Morgan fingerprint density at radius 1 is 1.42 bits per heavy atom. The lowest BCUT2D eigenvalue weighted by Crippen LogP contribution is -2.52. The van der Waals surface area contributed by atoms with Crippen LogP contribution in [0.4, 0.5) is 0 Å². The summed E-state index contributed by atoms with van der Waals surface area (Å²) in [5, 5.41) is 22.8. The molecule has 8 heteroatoms. The van der Waals surface area contributed by atoms with Crippen molar-refractivity contribution >= 4 is 5.91 Å². The number of rotatable bonds is 3. The lowest BCUT2D eigenvalue weighted by Gasteiger charge is -2.38. The number of aromatic nitrogens is 5. The molecule has 1 amide bonds. The number of carbonyl (C=O) groups excluding carboxylic acids is 1. The van der Waals surface area contributed by atoms with Gasteiger partial charge in [-0.2, -0.15) is 5.10 Å². The van der Waals surface area contributed by atoms with Gasteiger partial charge >= 0.3 is 0 Å². The standard InChI is InChI=1S/C16H24N6O2/c1-15(2,3)22-10-13(9-18-22)14(23)20-7-4-5-16(24,11-20)12-21-8-6-17-19-21/h6,8-10,24H,4-5,7,11-12H2,1-3H3. The zero-order valence-corrected chi connectivity index (χ0v) is 14.4. The first-order valence-corrected chi connectivity index (χ1v) is 8.18. The minimum Gasteiger partial charge on any atom is -0.386 e. The zero-order chi connectivity index (χ0) is 17.4. The molecule has 1 aliphatic heterocycles. The van der Waals surface area contributed by atoms with Gasteiger partial charge in [-0.15, -0.1) is 5.10 Å². The molecule has 1 atom stereocenters. The van der Waals surface area contributed by atoms with Gasteiger partial charge in [0, 0.05) is 18.9 Å². The van der Waals surface area contributed by atoms with Gasteiger partial charge in [-0.1, -0.05) is 5.21 Å². The minimum absolute atomic E-state index is 0.0952. The summed E-state index contributed by atoms with van der Waals surface area (Å²) in [4.78, 5) is 14.5. The third kappa shape index (κ3) is 3.48. The molecule has 1 N–H and O–H groups in total. The fourth-order valence-corrected chi connectivity index (χ4v) is 3.02. The molecule has 1 unspecified atom stereocenters. The van der Waals surface area contributed by atoms with Crippen LogP contribution in [0.25, 0.3) is 0 Å². The van der Waals surface area contributed by atoms with Crippen LogP contribution in [-0.4, -0.2) is 59.4 Å². The third-order valence-corrected chi connectivity index (χ3v) is 4.29. The molecule has 2 aromatic heterocycles. The molecular formula is C16H24N6O2. The molecule has 0 aliphatic carbocycles. The van der Waals surface area contributed by atoms with E-state index in [1.807, 2.05) is 20.8 Å². The van der Waals surface area contributed by atoms with E-state index in [0.717, 1.165) is 6.42 Å². The largest absolute Gasteiger partial charge is 0.386 e. The summed E-state index contributed by atoms with van der Waals surface area (Å²) in [5.41, 5.74) is -0.606. The summed E-state index contributed by atoms with van der Waals surface area (Å²) in [6.07, 6.45) is 8.05. The van der Waals surface area contributed by atoms with Crippen LogP contribution >= 0.6 is 0 Å². The second-order valence-electron chi connectivity index (χ2n) is 7.50. The second kappa shape index (κ2) is 6.01. The van der Waals surface area contributed by atoms with Crippen LogP contribution in [0.5, 0.6) is 0 Å². The zero-order valence-electron chi connectivity index (χ0n) is 14.4. The van der Waals surface area contributed by atoms with E-state index in [1.165, 1.54) is 0 Å². The average molecular weight is 332 g/mol. The predicted octanol–water partition coefficient (Wildman–Crippen LogP) is 0.897. The number of β-amino-alcohol motifs (C(OH)–C–C–N with tert-alkyl or cyclic N) is 1. The molecule has 130 valence electrons. The number of likely N-dealkylation sites (tertiary alicyclic amines) is 1. The first-order valence-electron chi connectivity index (χ1n) is 8.18. The molecule has 0 radical (unpaired) electrons. The Morgan fingerprint density at radius 2 is 2.21 bits per heavy atom. The monoisotopic (exact) mass is 332 g/mol. The number of hydrogen-bond acceptors (Lipinski definition) is 5. The fraction of sp³-hybridized carbons (Fsp3) is 0.625. The maximum absolute atomic E-state index is 12.8. The van der Waals surface area contributed by atoms with Crippen LogP contribution in [0.1, 0.15) is 44.0 Å². The lowest BCUT2D eigenvalue weighted by atomic mass is 9.92. The van der Waals surface area contributed by atoms with Crippen molar-refractivity contribution in [2.24, 2.45) is 0 Å². The smallest absolute Gasteiger partial charge is 0.257 e. The van der Waals surface area contributed by atoms with Crippen LogP contribution in [0, 0.1) is 0 Å². The van der Waals surface area contributed by atoms with Crippen molar-refractivity contribution in [1.82, 2.24) is 29.7 Å². The van der Waals surface area contributed by atoms with Crippen LogP contribution in [0.15, 0.2) is 24.8 Å². The van der Waals surface area contributed by atoms with Gasteiger partial charge in [0.05, 0.1) is 36.6 Å². The highest BCUT2D eigenvalue weighted by Crippen LogP contribution is 2.24. The van der Waals surface area contributed by atoms with Crippen LogP contribution in [-0.2, 0) is 12.1 Å². The van der Waals surface area contributed by atoms with Gasteiger partial charge in [-0.3, -0.25) is 9.48 Å². The maximum Gasteiger partial charge on any atom is 0.257 e. The summed E-state index contributed by atoms with van der Waals surface area (Å²) in [6, 6.07) is 0. The van der Waals surface area contributed by atoms with Gasteiger partial charge in [0.2, 0.25) is 0 Å². The molecule has 1 fully saturated rings. The topological polar surface area (TPSA) is 89.1 Å². The highest BCUT2D eigenvalue weighted by molar-refractivity contribution is 5.93. The van der Waals surface area contributed by atoms with E-state index < -0.39 is 5.60 Å². The molecule has 0 saturated carbocycles. The SMILES string of the molecule is CC(C)(C)n1cc(C(=O)N2CCCC(O)(Cn3ccnn3)C2)cn1. The molecule has 8 nitrogen and oxygen atoms in total. The van der Waals surface area contributed by atoms with E-state index >= 15 is 0 Å². The van der Waals surface area contributed by atoms with Crippen molar-refractivity contribution < 1.29 is 9.90 Å². The molecular weight excluding hydrogens is 308 g/mol. The Kier molecular flexibility index (Phi) is 4.16. The summed E-state index contributed by atoms with van der Waals surface area (Å²) in [7, 11) is 0. The van der Waals surface area contributed by atoms with Gasteiger partial charge in [0.25, 0.3) is 5.91 Å². The minimum atomic E-state index is -0.984. The van der Waals surface area contributed by atoms with E-state index in [0.29, 0.717) is 25.1 Å². The molecule has 0 aromatic carbocycles. The summed E-state index contributed by atoms with van der Waals surface area (Å²) < 4.78 is 3.39. The van der Waals surface area contributed by atoms with Gasteiger partial charge in [-0.05, 0) is 33.6 Å². The molecule has 1 saturated heterocycles. The van der Waals surface area contributed by atoms with Gasteiger partial charge < -0.3 is 10.0 Å². The van der Waals surface area contributed by atoms with E-state index in [4.69, 9.17) is 0 Å². The average Bonchev–Trinajstić information content (AvgIpc) is 3.16. The van der Waals surface area contributed by atoms with E-state index in [1.54, 1.807) is 39.1 Å². The van der Waals surface area contributed by atoms with Crippen molar-refractivity contribution in [3.05, 3.63) is 30.4 Å². The molecule has 3 heterocycles. The summed E-state index contributed by atoms with van der Waals surface area (Å²) in [5.74, 6) is -0.0952. The number of carbonyl (C=O) groups is 1. The lowest BCUT2D eigenvalue weighted by molar-refractivity contribution is -0.0387. The molecule has 1 aliphatic rings. The van der Waals surface area contributed by atoms with Crippen molar-refractivity contribution in [3.8, 4) is 0 Å². The highest BCUT2D eigenvalue weighted by Gasteiger charge is 2.36. The van der Waals surface area contributed by atoms with E-state index in [2.05, 4.69) is 15.4 Å².